The molecule has 0 aromatic rings. The highest BCUT2D eigenvalue weighted by atomic mass is 16.6. The van der Waals surface area contributed by atoms with Crippen LogP contribution in [0.5, 0.6) is 0 Å². The van der Waals surface area contributed by atoms with Gasteiger partial charge >= 0.3 is 95.5 Å². The molecule has 0 radical (unpaired) electrons. The molecule has 22 aliphatic rings. The van der Waals surface area contributed by atoms with Crippen molar-refractivity contribution in [3.63, 3.8) is 0 Å². The van der Waals surface area contributed by atoms with Crippen molar-refractivity contribution in [2.45, 2.75) is 400 Å². The molecular weight excluding hydrogens is 1910 g/mol. The molecule has 0 aromatic heterocycles. The zero-order valence-electron chi connectivity index (χ0n) is 90.5. The SMILES string of the molecule is C=C(C)C(=O)OC1(C)CCCC1.C=C(C)C(=O)OC12CC3CC(CC(O)(C3)C1)C2.C=C(C)C(=O)OCC(=O)OC1C2CC3C(=O)OC1C3C2.C=C(C)C(=O)OCC(=O)OC1CC2CC1C1C(=O)OCC21.CCC(C)(C)C(=O)OC1(C)CCCC1.CCC(C)(C)C(=O)OC12CC3CC(CC(O)(C3)C1)C2.CCC(C)(C)C(=O)OCC(=O)OC1C2CC3C(=O)OC1C3C2.CCC(C)(C)C(=O)OCC(=O)OC1CC2CC1C1C(=O)OCC21. The molecule has 4 saturated heterocycles. The Morgan fingerprint density at radius 3 is 0.986 bits per heavy atom. The number of hydrogen-bond donors (Lipinski definition) is 2. The summed E-state index contributed by atoms with van der Waals surface area (Å²) in [5, 5.41) is 21.2. The Kier molecular flexibility index (Phi) is 35.7. The Labute approximate surface area is 870 Å². The summed E-state index contributed by atoms with van der Waals surface area (Å²) in [5.74, 6) is -1.48. The highest BCUT2D eigenvalue weighted by Gasteiger charge is 2.68. The fourth-order valence-electron chi connectivity index (χ4n) is 27.7. The van der Waals surface area contributed by atoms with Gasteiger partial charge in [0.15, 0.2) is 26.4 Å². The monoisotopic (exact) mass is 2080 g/mol. The number of aliphatic hydroxyl groups is 2. The van der Waals surface area contributed by atoms with Crippen molar-refractivity contribution in [3.8, 4) is 0 Å². The molecule has 0 spiro atoms. The van der Waals surface area contributed by atoms with Gasteiger partial charge in [0.1, 0.15) is 59.0 Å². The summed E-state index contributed by atoms with van der Waals surface area (Å²) in [6, 6.07) is 0. The summed E-state index contributed by atoms with van der Waals surface area (Å²) in [5.41, 5.74) is -2.82. The minimum atomic E-state index is -0.623. The molecule has 0 amide bonds. The van der Waals surface area contributed by atoms with E-state index in [1.165, 1.54) is 52.4 Å². The van der Waals surface area contributed by atoms with E-state index in [0.717, 1.165) is 141 Å². The molecule has 4 aliphatic heterocycles. The predicted octanol–water partition coefficient (Wildman–Crippen LogP) is 15.6. The van der Waals surface area contributed by atoms with Gasteiger partial charge in [0.25, 0.3) is 0 Å². The molecule has 18 saturated carbocycles. The van der Waals surface area contributed by atoms with Crippen molar-refractivity contribution in [2.75, 3.05) is 39.6 Å². The quantitative estimate of drug-likeness (QED) is 0.0417. The molecular formula is C114H164O34. The third-order valence-electron chi connectivity index (χ3n) is 36.5. The maximum atomic E-state index is 12.4. The molecule has 34 heteroatoms. The topological polar surface area (TPSA) is 461 Å². The summed E-state index contributed by atoms with van der Waals surface area (Å²) >= 11 is 0. The van der Waals surface area contributed by atoms with Gasteiger partial charge in [-0.3, -0.25) is 38.4 Å². The van der Waals surface area contributed by atoms with Gasteiger partial charge in [-0.05, 0) is 325 Å². The van der Waals surface area contributed by atoms with Crippen LogP contribution in [0.2, 0.25) is 0 Å². The summed E-state index contributed by atoms with van der Waals surface area (Å²) < 4.78 is 84.6. The predicted molar refractivity (Wildman–Crippen MR) is 529 cm³/mol. The normalized spacial score (nSPS) is 35.5. The largest absolute Gasteiger partial charge is 0.465 e. The summed E-state index contributed by atoms with van der Waals surface area (Å²) in [6.07, 6.45) is 27.5. The molecule has 0 aromatic carbocycles. The zero-order chi connectivity index (χ0) is 109. The molecule has 824 valence electrons. The lowest BCUT2D eigenvalue weighted by atomic mass is 9.52. The Morgan fingerprint density at radius 2 is 0.649 bits per heavy atom. The lowest BCUT2D eigenvalue weighted by Gasteiger charge is -2.59. The lowest BCUT2D eigenvalue weighted by molar-refractivity contribution is -0.225. The minimum Gasteiger partial charge on any atom is -0.465 e. The first-order valence-corrected chi connectivity index (χ1v) is 54.4. The number of carbonyl (C=O) groups is 16. The van der Waals surface area contributed by atoms with Crippen LogP contribution in [0.3, 0.4) is 0 Å². The van der Waals surface area contributed by atoms with E-state index in [2.05, 4.69) is 33.2 Å². The number of esters is 16. The van der Waals surface area contributed by atoms with Gasteiger partial charge in [-0.15, -0.1) is 0 Å². The molecule has 148 heavy (non-hydrogen) atoms. The summed E-state index contributed by atoms with van der Waals surface area (Å²) in [7, 11) is 0. The molecule has 16 bridgehead atoms. The summed E-state index contributed by atoms with van der Waals surface area (Å²) in [4.78, 5) is 187. The van der Waals surface area contributed by atoms with Gasteiger partial charge < -0.3 is 86.0 Å². The second-order valence-corrected chi connectivity index (χ2v) is 50.2. The molecule has 4 heterocycles. The van der Waals surface area contributed by atoms with Crippen LogP contribution in [-0.4, -0.2) is 216 Å². The molecule has 22 rings (SSSR count). The molecule has 24 unspecified atom stereocenters. The van der Waals surface area contributed by atoms with E-state index in [9.17, 15) is 86.9 Å². The van der Waals surface area contributed by atoms with Crippen LogP contribution >= 0.6 is 0 Å². The fraction of sp³-hybridized carbons (Fsp3) is 0.789. The van der Waals surface area contributed by atoms with Crippen LogP contribution in [0, 0.1) is 128 Å². The van der Waals surface area contributed by atoms with E-state index < -0.39 is 100 Å². The first kappa shape index (κ1) is 116. The van der Waals surface area contributed by atoms with Gasteiger partial charge in [-0.25, -0.2) is 38.4 Å². The smallest absolute Gasteiger partial charge is 0.344 e. The van der Waals surface area contributed by atoms with Crippen LogP contribution in [0.25, 0.3) is 0 Å². The molecule has 34 nitrogen and oxygen atoms in total. The number of cyclic esters (lactones) is 2. The van der Waals surface area contributed by atoms with Crippen molar-refractivity contribution in [3.05, 3.63) is 48.6 Å². The first-order valence-electron chi connectivity index (χ1n) is 54.4. The maximum Gasteiger partial charge on any atom is 0.344 e. The highest BCUT2D eigenvalue weighted by molar-refractivity contribution is 5.91. The van der Waals surface area contributed by atoms with Crippen LogP contribution in [0.15, 0.2) is 48.6 Å². The second-order valence-electron chi connectivity index (χ2n) is 50.2. The number of fused-ring (bicyclic) bond motifs is 12. The Bertz CT molecular complexity index is 5020. The van der Waals surface area contributed by atoms with Crippen LogP contribution in [0.4, 0.5) is 0 Å². The lowest BCUT2D eigenvalue weighted by Crippen LogP contribution is -2.61. The van der Waals surface area contributed by atoms with Gasteiger partial charge in [0.2, 0.25) is 0 Å². The van der Waals surface area contributed by atoms with Gasteiger partial charge in [-0.2, -0.15) is 0 Å². The van der Waals surface area contributed by atoms with E-state index in [1.54, 1.807) is 41.5 Å². The third kappa shape index (κ3) is 26.6. The number of rotatable bonds is 28. The second kappa shape index (κ2) is 45.7. The number of ether oxygens (including phenoxy) is 16. The first-order chi connectivity index (χ1) is 69.2. The number of hydrogen-bond acceptors (Lipinski definition) is 34. The fourth-order valence-corrected chi connectivity index (χ4v) is 27.7. The average Bonchev–Trinajstić information content (AvgIpc) is 1.64. The Hall–Kier alpha value is -9.60. The molecule has 22 fully saturated rings. The van der Waals surface area contributed by atoms with Crippen molar-refractivity contribution in [1.82, 2.24) is 0 Å². The average molecular weight is 2080 g/mol. The Balaban J connectivity index is 0.000000142. The third-order valence-corrected chi connectivity index (χ3v) is 36.5. The molecule has 24 atom stereocenters. The van der Waals surface area contributed by atoms with Crippen molar-refractivity contribution in [1.29, 1.82) is 0 Å². The van der Waals surface area contributed by atoms with E-state index in [4.69, 9.17) is 75.8 Å². The van der Waals surface area contributed by atoms with Crippen molar-refractivity contribution >= 4 is 95.5 Å². The molecule has 2 N–H and O–H groups in total. The van der Waals surface area contributed by atoms with Gasteiger partial charge in [0.05, 0.1) is 69.7 Å². The van der Waals surface area contributed by atoms with Crippen LogP contribution in [0.1, 0.15) is 330 Å². The maximum absolute atomic E-state index is 12.4. The Morgan fingerprint density at radius 1 is 0.345 bits per heavy atom. The van der Waals surface area contributed by atoms with Gasteiger partial charge in [0, 0.05) is 82.5 Å². The van der Waals surface area contributed by atoms with Crippen molar-refractivity contribution < 1.29 is 163 Å². The van der Waals surface area contributed by atoms with E-state index in [1.807, 2.05) is 62.3 Å². The van der Waals surface area contributed by atoms with Gasteiger partial charge in [-0.1, -0.05) is 54.0 Å². The molecule has 18 aliphatic carbocycles. The zero-order valence-corrected chi connectivity index (χ0v) is 90.5. The van der Waals surface area contributed by atoms with Crippen LogP contribution < -0.4 is 0 Å². The standard InChI is InChI=1S/C17H24O6.C16H22O6.C16H26O3.C15H18O6.C14H16O6.C14H20O3.C12H22O2.C10H16O2/c1-4-17(2,3)16(20)22-8-13(18)23-12-6-9-5-10(12)14-11(9)7-21-15(14)19;1-4-16(2,3)15(19)20-7-11(17)21-12-8-5-9-10(6-8)14(18)22-13(9)12;1-4-14(2,3)13(17)19-16-8-11-5-12(9-16)7-15(18,6-11)10-16;1-7(2)14(17)20-6-12(16)21-11-4-8-3-9(11)13-10(8)5-19-15(13)18;1-6(2)13(16)18-5-10(15)19-11-7-3-8-9(4-7)14(17)20-12(8)11;1-9(2)12(15)17-14-6-10-3-11(7-14)5-13(16,4-10)8-14;1-5-11(2,3)10(13)14-12(4)8-6-7-9-12;1-8(2)9(11)12-10(3)6-4-5-7-10/h9-12,14H,4-8H2,1-3H3;8-10,12-13H,4-7H2,1-3H3;11-12,18H,4-10H2,1-3H3;8-11,13H,1,3-6H2,2H3;7-9,11-12H,1,3-5H2,2H3;10-11,16H,1,3-8H2,2H3;5-9H2,1-4H3;1,4-7H2,2-3H3. The minimum absolute atomic E-state index is 0.00636. The van der Waals surface area contributed by atoms with Crippen LogP contribution in [-0.2, 0) is 153 Å². The summed E-state index contributed by atoms with van der Waals surface area (Å²) in [6.45, 7) is 46.6. The highest BCUT2D eigenvalue weighted by Crippen LogP contribution is 2.64. The van der Waals surface area contributed by atoms with E-state index in [-0.39, 0.29) is 184 Å². The van der Waals surface area contributed by atoms with Crippen molar-refractivity contribution in [2.24, 2.45) is 128 Å². The van der Waals surface area contributed by atoms with E-state index in [0.29, 0.717) is 97.4 Å². The van der Waals surface area contributed by atoms with E-state index >= 15 is 0 Å². The number of carbonyl (C=O) groups excluding carboxylic acids is 16.